The Balaban J connectivity index is 2.26. The van der Waals surface area contributed by atoms with Crippen LogP contribution in [0.15, 0.2) is 11.4 Å². The van der Waals surface area contributed by atoms with Gasteiger partial charge >= 0.3 is 0 Å². The van der Waals surface area contributed by atoms with E-state index in [4.69, 9.17) is 9.47 Å². The molecular weight excluding hydrogens is 236 g/mol. The van der Waals surface area contributed by atoms with Crippen LogP contribution in [0.4, 0.5) is 0 Å². The number of methoxy groups -OCH3 is 1. The fourth-order valence-electron chi connectivity index (χ4n) is 2.51. The van der Waals surface area contributed by atoms with Gasteiger partial charge in [0.05, 0.1) is 25.2 Å². The van der Waals surface area contributed by atoms with Crippen LogP contribution in [0.2, 0.25) is 0 Å². The Morgan fingerprint density at radius 1 is 1.35 bits per heavy atom. The normalized spacial score (nSPS) is 32.7. The maximum Gasteiger partial charge on any atom is 0.182 e. The van der Waals surface area contributed by atoms with Gasteiger partial charge in [-0.25, -0.2) is 0 Å². The largest absolute Gasteiger partial charge is 0.495 e. The second-order valence-corrected chi connectivity index (χ2v) is 5.53. The van der Waals surface area contributed by atoms with E-state index in [-0.39, 0.29) is 29.8 Å². The van der Waals surface area contributed by atoms with Crippen molar-refractivity contribution in [2.75, 3.05) is 7.11 Å². The molecule has 94 valence electrons. The van der Waals surface area contributed by atoms with Gasteiger partial charge < -0.3 is 9.47 Å². The maximum atomic E-state index is 12.5. The molecule has 0 bridgehead atoms. The highest BCUT2D eigenvalue weighted by molar-refractivity contribution is 7.12. The smallest absolute Gasteiger partial charge is 0.182 e. The first kappa shape index (κ1) is 12.6. The van der Waals surface area contributed by atoms with Crippen LogP contribution in [-0.2, 0) is 4.74 Å². The molecule has 2 rings (SSSR count). The van der Waals surface area contributed by atoms with Crippen LogP contribution in [0.25, 0.3) is 0 Å². The number of rotatable bonds is 3. The van der Waals surface area contributed by atoms with Gasteiger partial charge in [-0.3, -0.25) is 4.79 Å². The molecule has 1 fully saturated rings. The predicted molar refractivity (Wildman–Crippen MR) is 67.9 cm³/mol. The summed E-state index contributed by atoms with van der Waals surface area (Å²) in [4.78, 5) is 13.2. The van der Waals surface area contributed by atoms with Gasteiger partial charge in [0, 0.05) is 0 Å². The molecule has 1 aliphatic heterocycles. The molecule has 1 aliphatic rings. The molecule has 4 atom stereocenters. The average Bonchev–Trinajstić information content (AvgIpc) is 2.84. The van der Waals surface area contributed by atoms with Gasteiger partial charge in [0.2, 0.25) is 0 Å². The number of hydrogen-bond donors (Lipinski definition) is 0. The van der Waals surface area contributed by atoms with E-state index >= 15 is 0 Å². The Hall–Kier alpha value is -0.870. The molecule has 3 nitrogen and oxygen atoms in total. The molecule has 0 radical (unpaired) electrons. The molecule has 2 heterocycles. The molecule has 1 saturated heterocycles. The molecule has 0 saturated carbocycles. The van der Waals surface area contributed by atoms with Crippen molar-refractivity contribution in [3.8, 4) is 5.75 Å². The number of carbonyl (C=O) groups is 1. The molecular formula is C13H18O3S. The molecule has 1 aromatic rings. The van der Waals surface area contributed by atoms with Gasteiger partial charge in [-0.1, -0.05) is 6.92 Å². The van der Waals surface area contributed by atoms with Crippen LogP contribution in [0, 0.1) is 11.8 Å². The summed E-state index contributed by atoms with van der Waals surface area (Å²) in [6, 6.07) is 1.84. The number of carbonyl (C=O) groups excluding carboxylic acids is 1. The van der Waals surface area contributed by atoms with Crippen LogP contribution in [0.1, 0.15) is 30.4 Å². The first-order valence-electron chi connectivity index (χ1n) is 5.87. The summed E-state index contributed by atoms with van der Waals surface area (Å²) in [7, 11) is 1.60. The summed E-state index contributed by atoms with van der Waals surface area (Å²) in [5.41, 5.74) is 0. The van der Waals surface area contributed by atoms with Crippen molar-refractivity contribution in [1.29, 1.82) is 0 Å². The predicted octanol–water partition coefficient (Wildman–Crippen LogP) is 3.00. The van der Waals surface area contributed by atoms with E-state index in [9.17, 15) is 4.79 Å². The van der Waals surface area contributed by atoms with Crippen molar-refractivity contribution in [3.63, 3.8) is 0 Å². The molecule has 0 spiro atoms. The zero-order valence-corrected chi connectivity index (χ0v) is 11.4. The Bertz CT molecular complexity index is 413. The van der Waals surface area contributed by atoms with E-state index in [1.807, 2.05) is 25.3 Å². The van der Waals surface area contributed by atoms with Gasteiger partial charge in [-0.2, -0.15) is 0 Å². The Morgan fingerprint density at radius 2 is 2.06 bits per heavy atom. The summed E-state index contributed by atoms with van der Waals surface area (Å²) in [5.74, 6) is 1.03. The molecule has 4 heteroatoms. The lowest BCUT2D eigenvalue weighted by molar-refractivity contribution is 0.0491. The van der Waals surface area contributed by atoms with Gasteiger partial charge in [0.15, 0.2) is 5.78 Å². The van der Waals surface area contributed by atoms with Crippen molar-refractivity contribution in [3.05, 3.63) is 16.3 Å². The highest BCUT2D eigenvalue weighted by Gasteiger charge is 2.42. The van der Waals surface area contributed by atoms with Crippen molar-refractivity contribution in [2.45, 2.75) is 33.0 Å². The van der Waals surface area contributed by atoms with Gasteiger partial charge in [0.25, 0.3) is 0 Å². The van der Waals surface area contributed by atoms with Crippen LogP contribution in [-0.4, -0.2) is 25.1 Å². The lowest BCUT2D eigenvalue weighted by atomic mass is 9.85. The minimum absolute atomic E-state index is 0.0145. The molecule has 17 heavy (non-hydrogen) atoms. The SMILES string of the molecule is COc1ccsc1C(=O)C1C(C)OC(C)C1C. The van der Waals surface area contributed by atoms with Crippen molar-refractivity contribution < 1.29 is 14.3 Å². The molecule has 1 aromatic heterocycles. The minimum Gasteiger partial charge on any atom is -0.495 e. The van der Waals surface area contributed by atoms with E-state index in [1.165, 1.54) is 11.3 Å². The third kappa shape index (κ3) is 2.11. The second kappa shape index (κ2) is 4.78. The van der Waals surface area contributed by atoms with E-state index in [0.717, 1.165) is 0 Å². The van der Waals surface area contributed by atoms with Gasteiger partial charge in [0.1, 0.15) is 10.6 Å². The third-order valence-electron chi connectivity index (χ3n) is 3.62. The quantitative estimate of drug-likeness (QED) is 0.778. The Labute approximate surface area is 106 Å². The van der Waals surface area contributed by atoms with Crippen molar-refractivity contribution >= 4 is 17.1 Å². The number of Topliss-reactive ketones (excluding diaryl/α,β-unsaturated/α-hetero) is 1. The zero-order chi connectivity index (χ0) is 12.6. The third-order valence-corrected chi connectivity index (χ3v) is 4.53. The average molecular weight is 254 g/mol. The lowest BCUT2D eigenvalue weighted by Gasteiger charge is -2.16. The highest BCUT2D eigenvalue weighted by atomic mass is 32.1. The van der Waals surface area contributed by atoms with E-state index in [1.54, 1.807) is 7.11 Å². The van der Waals surface area contributed by atoms with Crippen molar-refractivity contribution in [1.82, 2.24) is 0 Å². The highest BCUT2D eigenvalue weighted by Crippen LogP contribution is 2.37. The first-order valence-corrected chi connectivity index (χ1v) is 6.75. The fraction of sp³-hybridized carbons (Fsp3) is 0.615. The van der Waals surface area contributed by atoms with Crippen LogP contribution < -0.4 is 4.74 Å². The fourth-order valence-corrected chi connectivity index (χ4v) is 3.36. The summed E-state index contributed by atoms with van der Waals surface area (Å²) < 4.78 is 10.9. The summed E-state index contributed by atoms with van der Waals surface area (Å²) in [5, 5.41) is 1.89. The van der Waals surface area contributed by atoms with E-state index in [0.29, 0.717) is 10.6 Å². The van der Waals surface area contributed by atoms with Crippen LogP contribution in [0.3, 0.4) is 0 Å². The molecule has 0 aromatic carbocycles. The second-order valence-electron chi connectivity index (χ2n) is 4.61. The summed E-state index contributed by atoms with van der Waals surface area (Å²) >= 11 is 1.44. The van der Waals surface area contributed by atoms with Crippen LogP contribution in [0.5, 0.6) is 5.75 Å². The molecule has 0 aliphatic carbocycles. The van der Waals surface area contributed by atoms with Crippen molar-refractivity contribution in [2.24, 2.45) is 11.8 Å². The summed E-state index contributed by atoms with van der Waals surface area (Å²) in [6.45, 7) is 6.08. The summed E-state index contributed by atoms with van der Waals surface area (Å²) in [6.07, 6.45) is 0.129. The molecule has 0 amide bonds. The topological polar surface area (TPSA) is 35.5 Å². The van der Waals surface area contributed by atoms with Gasteiger partial charge in [-0.15, -0.1) is 11.3 Å². The maximum absolute atomic E-state index is 12.5. The van der Waals surface area contributed by atoms with Crippen LogP contribution >= 0.6 is 11.3 Å². The Morgan fingerprint density at radius 3 is 2.59 bits per heavy atom. The molecule has 0 N–H and O–H groups in total. The number of ketones is 1. The monoisotopic (exact) mass is 254 g/mol. The zero-order valence-electron chi connectivity index (χ0n) is 10.6. The standard InChI is InChI=1S/C13H18O3S/c1-7-8(2)16-9(3)11(7)12(14)13-10(15-4)5-6-17-13/h5-9,11H,1-4H3. The number of thiophene rings is 1. The Kier molecular flexibility index (Phi) is 3.54. The van der Waals surface area contributed by atoms with Gasteiger partial charge in [-0.05, 0) is 31.2 Å². The minimum atomic E-state index is -0.0578. The molecule has 4 unspecified atom stereocenters. The number of ether oxygens (including phenoxy) is 2. The first-order chi connectivity index (χ1) is 8.06. The lowest BCUT2D eigenvalue weighted by Crippen LogP contribution is -2.26. The van der Waals surface area contributed by atoms with E-state index in [2.05, 4.69) is 6.92 Å². The number of hydrogen-bond acceptors (Lipinski definition) is 4. The van der Waals surface area contributed by atoms with E-state index < -0.39 is 0 Å².